The SMILES string of the molecule is CS(=O)(=O)Nc1ncn(Cc2ccc(Cl)c(Cl)c2)n1. The molecule has 0 aliphatic heterocycles. The highest BCUT2D eigenvalue weighted by atomic mass is 35.5. The Hall–Kier alpha value is -1.31. The Bertz CT molecular complexity index is 699. The highest BCUT2D eigenvalue weighted by molar-refractivity contribution is 7.91. The standard InChI is InChI=1S/C10H10Cl2N4O2S/c1-19(17,18)15-10-13-6-16(14-10)5-7-2-3-8(11)9(12)4-7/h2-4,6H,5H2,1H3,(H,14,15). The molecule has 1 aromatic carbocycles. The van der Waals surface area contributed by atoms with Gasteiger partial charge in [0.25, 0.3) is 5.95 Å². The molecule has 2 aromatic rings. The Morgan fingerprint density at radius 3 is 2.68 bits per heavy atom. The van der Waals surface area contributed by atoms with Crippen molar-refractivity contribution in [3.63, 3.8) is 0 Å². The highest BCUT2D eigenvalue weighted by Gasteiger charge is 2.07. The van der Waals surface area contributed by atoms with Crippen molar-refractivity contribution in [2.75, 3.05) is 11.0 Å². The lowest BCUT2D eigenvalue weighted by atomic mass is 10.2. The summed E-state index contributed by atoms with van der Waals surface area (Å²) in [7, 11) is -3.38. The van der Waals surface area contributed by atoms with E-state index in [1.165, 1.54) is 11.0 Å². The van der Waals surface area contributed by atoms with Crippen molar-refractivity contribution in [1.82, 2.24) is 14.8 Å². The summed E-state index contributed by atoms with van der Waals surface area (Å²) in [4.78, 5) is 3.84. The second kappa shape index (κ2) is 5.36. The summed E-state index contributed by atoms with van der Waals surface area (Å²) in [6, 6.07) is 5.21. The molecule has 1 N–H and O–H groups in total. The van der Waals surface area contributed by atoms with Gasteiger partial charge in [-0.1, -0.05) is 29.3 Å². The summed E-state index contributed by atoms with van der Waals surface area (Å²) < 4.78 is 25.7. The second-order valence-corrected chi connectivity index (χ2v) is 6.45. The van der Waals surface area contributed by atoms with Crippen LogP contribution in [-0.4, -0.2) is 29.4 Å². The molecule has 1 aromatic heterocycles. The molecule has 0 bridgehead atoms. The van der Waals surface area contributed by atoms with E-state index in [2.05, 4.69) is 14.8 Å². The lowest BCUT2D eigenvalue weighted by Gasteiger charge is -2.03. The zero-order valence-corrected chi connectivity index (χ0v) is 12.2. The molecule has 0 saturated carbocycles. The number of hydrogen-bond donors (Lipinski definition) is 1. The third-order valence-corrected chi connectivity index (χ3v) is 3.43. The predicted molar refractivity (Wildman–Crippen MR) is 74.1 cm³/mol. The van der Waals surface area contributed by atoms with Crippen molar-refractivity contribution < 1.29 is 8.42 Å². The quantitative estimate of drug-likeness (QED) is 0.934. The summed E-state index contributed by atoms with van der Waals surface area (Å²) in [5, 5.41) is 4.91. The Balaban J connectivity index is 2.13. The summed E-state index contributed by atoms with van der Waals surface area (Å²) in [5.74, 6) is 0.0301. The Labute approximate surface area is 120 Å². The highest BCUT2D eigenvalue weighted by Crippen LogP contribution is 2.22. The first-order valence-corrected chi connectivity index (χ1v) is 7.79. The smallest absolute Gasteiger partial charge is 0.250 e. The van der Waals surface area contributed by atoms with Crippen LogP contribution in [0.2, 0.25) is 10.0 Å². The van der Waals surface area contributed by atoms with Gasteiger partial charge < -0.3 is 0 Å². The van der Waals surface area contributed by atoms with Crippen molar-refractivity contribution in [1.29, 1.82) is 0 Å². The first-order valence-electron chi connectivity index (χ1n) is 5.15. The zero-order chi connectivity index (χ0) is 14.0. The van der Waals surface area contributed by atoms with E-state index >= 15 is 0 Å². The minimum absolute atomic E-state index is 0.0301. The van der Waals surface area contributed by atoms with E-state index in [0.717, 1.165) is 11.8 Å². The Morgan fingerprint density at radius 2 is 2.05 bits per heavy atom. The van der Waals surface area contributed by atoms with Crippen LogP contribution >= 0.6 is 23.2 Å². The molecule has 9 heteroatoms. The van der Waals surface area contributed by atoms with Crippen LogP contribution in [0.1, 0.15) is 5.56 Å². The zero-order valence-electron chi connectivity index (χ0n) is 9.84. The summed E-state index contributed by atoms with van der Waals surface area (Å²) in [5.41, 5.74) is 0.880. The van der Waals surface area contributed by atoms with E-state index in [4.69, 9.17) is 23.2 Å². The van der Waals surface area contributed by atoms with Gasteiger partial charge >= 0.3 is 0 Å². The van der Waals surface area contributed by atoms with E-state index in [1.54, 1.807) is 18.2 Å². The topological polar surface area (TPSA) is 76.9 Å². The molecule has 6 nitrogen and oxygen atoms in total. The molecule has 0 spiro atoms. The van der Waals surface area contributed by atoms with Crippen molar-refractivity contribution >= 4 is 39.2 Å². The molecule has 19 heavy (non-hydrogen) atoms. The van der Waals surface area contributed by atoms with Crippen LogP contribution in [0.15, 0.2) is 24.5 Å². The number of hydrogen-bond acceptors (Lipinski definition) is 4. The molecule has 0 aliphatic rings. The first kappa shape index (κ1) is 14.1. The third-order valence-electron chi connectivity index (χ3n) is 2.14. The number of nitrogens with one attached hydrogen (secondary N) is 1. The van der Waals surface area contributed by atoms with E-state index in [-0.39, 0.29) is 5.95 Å². The van der Waals surface area contributed by atoms with Gasteiger partial charge in [-0.2, -0.15) is 4.98 Å². The number of benzene rings is 1. The maximum atomic E-state index is 11.0. The fraction of sp³-hybridized carbons (Fsp3) is 0.200. The summed E-state index contributed by atoms with van der Waals surface area (Å²) >= 11 is 11.7. The molecular formula is C10H10Cl2N4O2S. The van der Waals surface area contributed by atoms with Gasteiger partial charge in [0.2, 0.25) is 10.0 Å². The van der Waals surface area contributed by atoms with Crippen LogP contribution < -0.4 is 4.72 Å². The second-order valence-electron chi connectivity index (χ2n) is 3.89. The predicted octanol–water partition coefficient (Wildman–Crippen LogP) is 2.00. The Morgan fingerprint density at radius 1 is 1.32 bits per heavy atom. The molecule has 0 atom stereocenters. The average Bonchev–Trinajstić information content (AvgIpc) is 2.68. The fourth-order valence-electron chi connectivity index (χ4n) is 1.41. The van der Waals surface area contributed by atoms with Crippen molar-refractivity contribution in [3.05, 3.63) is 40.1 Å². The van der Waals surface area contributed by atoms with Gasteiger partial charge in [0.15, 0.2) is 0 Å². The van der Waals surface area contributed by atoms with Crippen molar-refractivity contribution in [3.8, 4) is 0 Å². The summed E-state index contributed by atoms with van der Waals surface area (Å²) in [6.45, 7) is 0.412. The fourth-order valence-corrected chi connectivity index (χ4v) is 2.15. The van der Waals surface area contributed by atoms with Gasteiger partial charge in [-0.05, 0) is 17.7 Å². The molecule has 0 fully saturated rings. The normalized spacial score (nSPS) is 11.5. The van der Waals surface area contributed by atoms with Crippen LogP contribution in [0.4, 0.5) is 5.95 Å². The van der Waals surface area contributed by atoms with Gasteiger partial charge in [0.1, 0.15) is 6.33 Å². The lowest BCUT2D eigenvalue weighted by Crippen LogP contribution is -2.11. The molecule has 2 rings (SSSR count). The van der Waals surface area contributed by atoms with Crippen molar-refractivity contribution in [2.24, 2.45) is 0 Å². The maximum absolute atomic E-state index is 11.0. The molecule has 0 amide bonds. The van der Waals surface area contributed by atoms with Crippen LogP contribution in [0.5, 0.6) is 0 Å². The molecule has 102 valence electrons. The van der Waals surface area contributed by atoms with Gasteiger partial charge in [0, 0.05) is 0 Å². The van der Waals surface area contributed by atoms with E-state index < -0.39 is 10.0 Å². The number of aromatic nitrogens is 3. The number of anilines is 1. The average molecular weight is 321 g/mol. The largest absolute Gasteiger partial charge is 0.255 e. The van der Waals surface area contributed by atoms with Crippen LogP contribution in [-0.2, 0) is 16.6 Å². The summed E-state index contributed by atoms with van der Waals surface area (Å²) in [6.07, 6.45) is 2.46. The molecule has 0 unspecified atom stereocenters. The van der Waals surface area contributed by atoms with E-state index in [9.17, 15) is 8.42 Å². The molecule has 0 aliphatic carbocycles. The van der Waals surface area contributed by atoms with Gasteiger partial charge in [-0.3, -0.25) is 4.72 Å². The number of halogens is 2. The number of nitrogens with zero attached hydrogens (tertiary/aromatic N) is 3. The first-order chi connectivity index (χ1) is 8.83. The third kappa shape index (κ3) is 4.09. The molecular weight excluding hydrogens is 311 g/mol. The maximum Gasteiger partial charge on any atom is 0.255 e. The van der Waals surface area contributed by atoms with Crippen LogP contribution in [0.3, 0.4) is 0 Å². The monoisotopic (exact) mass is 320 g/mol. The lowest BCUT2D eigenvalue weighted by molar-refractivity contribution is 0.606. The minimum atomic E-state index is -3.38. The molecule has 0 saturated heterocycles. The van der Waals surface area contributed by atoms with Crippen LogP contribution in [0, 0.1) is 0 Å². The Kier molecular flexibility index (Phi) is 3.98. The molecule has 1 heterocycles. The van der Waals surface area contributed by atoms with E-state index in [0.29, 0.717) is 16.6 Å². The number of rotatable bonds is 4. The minimum Gasteiger partial charge on any atom is -0.250 e. The van der Waals surface area contributed by atoms with Crippen molar-refractivity contribution in [2.45, 2.75) is 6.54 Å². The van der Waals surface area contributed by atoms with Gasteiger partial charge in [-0.25, -0.2) is 13.1 Å². The van der Waals surface area contributed by atoms with Gasteiger partial charge in [0.05, 0.1) is 22.8 Å². The number of sulfonamides is 1. The van der Waals surface area contributed by atoms with E-state index in [1.807, 2.05) is 0 Å². The van der Waals surface area contributed by atoms with Gasteiger partial charge in [-0.15, -0.1) is 5.10 Å². The van der Waals surface area contributed by atoms with Crippen LogP contribution in [0.25, 0.3) is 0 Å². The molecule has 0 radical (unpaired) electrons.